The van der Waals surface area contributed by atoms with Crippen molar-refractivity contribution in [3.8, 4) is 0 Å². The Labute approximate surface area is 201 Å². The van der Waals surface area contributed by atoms with Crippen molar-refractivity contribution >= 4 is 30.9 Å². The van der Waals surface area contributed by atoms with Crippen molar-refractivity contribution in [2.75, 3.05) is 6.54 Å². The van der Waals surface area contributed by atoms with Crippen molar-refractivity contribution < 1.29 is 32.0 Å². The number of carbonyl (C=O) groups excluding carboxylic acids is 1. The summed E-state index contributed by atoms with van der Waals surface area (Å²) >= 11 is 5.63. The molecule has 0 unspecified atom stereocenters. The van der Waals surface area contributed by atoms with E-state index in [4.69, 9.17) is 25.6 Å². The summed E-state index contributed by atoms with van der Waals surface area (Å²) in [5, 5.41) is 1.95. The van der Waals surface area contributed by atoms with Gasteiger partial charge < -0.3 is 19.4 Å². The summed E-state index contributed by atoms with van der Waals surface area (Å²) in [5.41, 5.74) is -1.13. The number of benzene rings is 1. The van der Waals surface area contributed by atoms with Crippen molar-refractivity contribution in [1.29, 1.82) is 0 Å². The molecule has 0 atom stereocenters. The molecule has 1 aliphatic rings. The van der Waals surface area contributed by atoms with E-state index in [9.17, 15) is 18.0 Å². The van der Waals surface area contributed by atoms with Crippen LogP contribution in [0.15, 0.2) is 48.1 Å². The van der Waals surface area contributed by atoms with Gasteiger partial charge in [0.1, 0.15) is 11.8 Å². The average Bonchev–Trinajstić information content (AvgIpc) is 2.97. The van der Waals surface area contributed by atoms with Crippen LogP contribution in [0.3, 0.4) is 0 Å². The highest BCUT2D eigenvalue weighted by Crippen LogP contribution is 2.39. The zero-order valence-corrected chi connectivity index (χ0v) is 20.0. The second-order valence-electron chi connectivity index (χ2n) is 8.83. The Morgan fingerprint density at radius 1 is 1.18 bits per heavy atom. The predicted molar refractivity (Wildman–Crippen MR) is 123 cm³/mol. The number of nitrogens with one attached hydrogen (secondary N) is 1. The standard InChI is InChI=1S/C23H25BClF3N2O4/c1-21(2)22(3,4)34-24(33-21)17(10-16-11-18(23(26,27)28)19(25)29-12-16)13-30-20(31)32-14-15-8-6-5-7-9-15/h5-12H,13-14H2,1-4H3,(H,30,31). The summed E-state index contributed by atoms with van der Waals surface area (Å²) < 4.78 is 57.1. The third-order valence-corrected chi connectivity index (χ3v) is 6.02. The van der Waals surface area contributed by atoms with E-state index < -0.39 is 41.3 Å². The van der Waals surface area contributed by atoms with Crippen molar-refractivity contribution in [3.05, 3.63) is 69.9 Å². The molecule has 1 amide bonds. The number of nitrogens with zero attached hydrogens (tertiary/aromatic N) is 1. The quantitative estimate of drug-likeness (QED) is 0.411. The number of aromatic nitrogens is 1. The summed E-state index contributed by atoms with van der Waals surface area (Å²) in [4.78, 5) is 15.9. The van der Waals surface area contributed by atoms with Gasteiger partial charge in [0.2, 0.25) is 0 Å². The molecule has 1 N–H and O–H groups in total. The number of rotatable bonds is 6. The van der Waals surface area contributed by atoms with Gasteiger partial charge in [-0.3, -0.25) is 0 Å². The Morgan fingerprint density at radius 2 is 1.79 bits per heavy atom. The highest BCUT2D eigenvalue weighted by atomic mass is 35.5. The minimum absolute atomic E-state index is 0.0677. The van der Waals surface area contributed by atoms with Crippen molar-refractivity contribution in [2.24, 2.45) is 0 Å². The molecule has 0 radical (unpaired) electrons. The highest BCUT2D eigenvalue weighted by Gasteiger charge is 2.52. The molecule has 11 heteroatoms. The number of halogens is 4. The SMILES string of the molecule is CC1(C)OB(C(=Cc2cnc(Cl)c(C(F)(F)F)c2)CNC(=O)OCc2ccccc2)OC1(C)C. The minimum atomic E-state index is -4.67. The number of alkyl carbamates (subject to hydrolysis) is 1. The molecule has 3 rings (SSSR count). The van der Waals surface area contributed by atoms with Gasteiger partial charge in [-0.05, 0) is 50.4 Å². The minimum Gasteiger partial charge on any atom is -0.445 e. The lowest BCUT2D eigenvalue weighted by Gasteiger charge is -2.32. The van der Waals surface area contributed by atoms with Gasteiger partial charge in [-0.1, -0.05) is 48.0 Å². The van der Waals surface area contributed by atoms with E-state index in [2.05, 4.69) is 10.3 Å². The van der Waals surface area contributed by atoms with E-state index in [0.717, 1.165) is 11.6 Å². The second kappa shape index (κ2) is 9.97. The van der Waals surface area contributed by atoms with E-state index in [1.54, 1.807) is 0 Å². The van der Waals surface area contributed by atoms with Crippen LogP contribution in [-0.2, 0) is 26.8 Å². The topological polar surface area (TPSA) is 69.7 Å². The number of hydrogen-bond acceptors (Lipinski definition) is 5. The van der Waals surface area contributed by atoms with Crippen LogP contribution in [-0.4, -0.2) is 35.9 Å². The first kappa shape index (κ1) is 26.1. The van der Waals surface area contributed by atoms with Crippen LogP contribution < -0.4 is 5.32 Å². The van der Waals surface area contributed by atoms with Gasteiger partial charge in [0.05, 0.1) is 16.8 Å². The van der Waals surface area contributed by atoms with Crippen LogP contribution in [0.2, 0.25) is 5.15 Å². The molecule has 2 aromatic rings. The molecule has 1 aliphatic heterocycles. The number of carbonyl (C=O) groups is 1. The molecule has 6 nitrogen and oxygen atoms in total. The summed E-state index contributed by atoms with van der Waals surface area (Å²) in [6, 6.07) is 10.0. The zero-order valence-electron chi connectivity index (χ0n) is 19.2. The smallest absolute Gasteiger partial charge is 0.445 e. The van der Waals surface area contributed by atoms with Gasteiger partial charge >= 0.3 is 19.4 Å². The fraction of sp³-hybridized carbons (Fsp3) is 0.391. The third-order valence-electron chi connectivity index (χ3n) is 5.72. The van der Waals surface area contributed by atoms with Crippen LogP contribution in [0.1, 0.15) is 44.4 Å². The van der Waals surface area contributed by atoms with E-state index in [0.29, 0.717) is 5.47 Å². The van der Waals surface area contributed by atoms with E-state index in [-0.39, 0.29) is 18.7 Å². The lowest BCUT2D eigenvalue weighted by Crippen LogP contribution is -2.41. The van der Waals surface area contributed by atoms with Crippen LogP contribution in [0.5, 0.6) is 0 Å². The van der Waals surface area contributed by atoms with E-state index in [1.165, 1.54) is 12.3 Å². The van der Waals surface area contributed by atoms with Crippen molar-refractivity contribution in [2.45, 2.75) is 51.7 Å². The first-order valence-corrected chi connectivity index (χ1v) is 10.9. The first-order valence-electron chi connectivity index (χ1n) is 10.5. The van der Waals surface area contributed by atoms with Crippen LogP contribution in [0, 0.1) is 0 Å². The molecule has 1 fully saturated rings. The average molecular weight is 497 g/mol. The second-order valence-corrected chi connectivity index (χ2v) is 9.19. The molecule has 2 heterocycles. The monoisotopic (exact) mass is 496 g/mol. The fourth-order valence-electron chi connectivity index (χ4n) is 3.10. The molecule has 1 saturated heterocycles. The predicted octanol–water partition coefficient (Wildman–Crippen LogP) is 5.70. The Balaban J connectivity index is 1.81. The molecule has 1 aromatic heterocycles. The zero-order chi connectivity index (χ0) is 25.1. The van der Waals surface area contributed by atoms with Gasteiger partial charge in [0.15, 0.2) is 0 Å². The summed E-state index contributed by atoms with van der Waals surface area (Å²) in [7, 11) is -0.913. The number of pyridine rings is 1. The van der Waals surface area contributed by atoms with Gasteiger partial charge in [-0.25, -0.2) is 9.78 Å². The van der Waals surface area contributed by atoms with Crippen molar-refractivity contribution in [1.82, 2.24) is 10.3 Å². The molecule has 0 saturated carbocycles. The van der Waals surface area contributed by atoms with Crippen molar-refractivity contribution in [3.63, 3.8) is 0 Å². The Bertz CT molecular complexity index is 1050. The van der Waals surface area contributed by atoms with Gasteiger partial charge in [0.25, 0.3) is 0 Å². The normalized spacial score (nSPS) is 17.5. The Hall–Kier alpha value is -2.56. The van der Waals surface area contributed by atoms with E-state index >= 15 is 0 Å². The molecule has 34 heavy (non-hydrogen) atoms. The largest absolute Gasteiger partial charge is 0.492 e. The Kier molecular flexibility index (Phi) is 7.64. The lowest BCUT2D eigenvalue weighted by atomic mass is 9.77. The first-order chi connectivity index (χ1) is 15.8. The molecular formula is C23H25BClF3N2O4. The van der Waals surface area contributed by atoms with Crippen LogP contribution >= 0.6 is 11.6 Å². The van der Waals surface area contributed by atoms with Gasteiger partial charge in [-0.15, -0.1) is 0 Å². The molecule has 182 valence electrons. The van der Waals surface area contributed by atoms with Crippen LogP contribution in [0.4, 0.5) is 18.0 Å². The molecule has 0 bridgehead atoms. The number of alkyl halides is 3. The number of amides is 1. The number of hydrogen-bond donors (Lipinski definition) is 1. The van der Waals surface area contributed by atoms with Crippen LogP contribution in [0.25, 0.3) is 6.08 Å². The maximum absolute atomic E-state index is 13.3. The Morgan fingerprint density at radius 3 is 2.38 bits per heavy atom. The number of ether oxygens (including phenoxy) is 1. The lowest BCUT2D eigenvalue weighted by molar-refractivity contribution is -0.137. The van der Waals surface area contributed by atoms with Gasteiger partial charge in [0, 0.05) is 12.7 Å². The summed E-state index contributed by atoms with van der Waals surface area (Å²) in [5.74, 6) is 0. The molecular weight excluding hydrogens is 472 g/mol. The third kappa shape index (κ3) is 6.31. The summed E-state index contributed by atoms with van der Waals surface area (Å²) in [6.45, 7) is 7.36. The molecule has 0 spiro atoms. The fourth-order valence-corrected chi connectivity index (χ4v) is 3.31. The molecule has 1 aromatic carbocycles. The highest BCUT2D eigenvalue weighted by molar-refractivity contribution is 6.56. The summed E-state index contributed by atoms with van der Waals surface area (Å²) in [6.07, 6.45) is -2.73. The maximum atomic E-state index is 13.3. The van der Waals surface area contributed by atoms with Gasteiger partial charge in [-0.2, -0.15) is 13.2 Å². The maximum Gasteiger partial charge on any atom is 0.492 e. The molecule has 0 aliphatic carbocycles. The van der Waals surface area contributed by atoms with E-state index in [1.807, 2.05) is 58.0 Å².